The first-order valence-corrected chi connectivity index (χ1v) is 8.38. The Morgan fingerprint density at radius 3 is 2.52 bits per heavy atom. The van der Waals surface area contributed by atoms with Crippen LogP contribution in [0.2, 0.25) is 0 Å². The number of nitriles is 1. The van der Waals surface area contributed by atoms with E-state index >= 15 is 0 Å². The Morgan fingerprint density at radius 1 is 1.30 bits per heavy atom. The number of carbonyl (C=O) groups excluding carboxylic acids is 3. The molecule has 0 N–H and O–H groups in total. The summed E-state index contributed by atoms with van der Waals surface area (Å²) in [5.41, 5.74) is 0.858. The molecule has 0 spiro atoms. The van der Waals surface area contributed by atoms with Gasteiger partial charge in [0.1, 0.15) is 11.6 Å². The lowest BCUT2D eigenvalue weighted by Gasteiger charge is -2.31. The maximum Gasteiger partial charge on any atom is 0.336 e. The van der Waals surface area contributed by atoms with Gasteiger partial charge in [-0.3, -0.25) is 14.6 Å². The van der Waals surface area contributed by atoms with Crippen LogP contribution in [-0.2, 0) is 23.9 Å². The largest absolute Gasteiger partial charge is 0.466 e. The van der Waals surface area contributed by atoms with E-state index in [9.17, 15) is 19.6 Å². The van der Waals surface area contributed by atoms with Crippen LogP contribution in [0.1, 0.15) is 37.8 Å². The van der Waals surface area contributed by atoms with Crippen molar-refractivity contribution in [1.29, 1.82) is 5.26 Å². The molecule has 1 aliphatic rings. The van der Waals surface area contributed by atoms with Crippen LogP contribution < -0.4 is 0 Å². The summed E-state index contributed by atoms with van der Waals surface area (Å²) in [5, 5.41) is 9.49. The Kier molecular flexibility index (Phi) is 6.24. The zero-order chi connectivity index (χ0) is 20.1. The smallest absolute Gasteiger partial charge is 0.336 e. The Labute approximate surface area is 157 Å². The predicted octanol–water partition coefficient (Wildman–Crippen LogP) is 2.31. The first-order valence-electron chi connectivity index (χ1n) is 8.38. The van der Waals surface area contributed by atoms with Gasteiger partial charge in [-0.15, -0.1) is 0 Å². The number of aldehydes is 1. The second-order valence-electron chi connectivity index (χ2n) is 6.30. The van der Waals surface area contributed by atoms with Gasteiger partial charge in [-0.05, 0) is 32.4 Å². The highest BCUT2D eigenvalue weighted by Gasteiger charge is 2.44. The molecule has 27 heavy (non-hydrogen) atoms. The molecule has 0 bridgehead atoms. The van der Waals surface area contributed by atoms with Crippen molar-refractivity contribution in [2.45, 2.75) is 32.8 Å². The minimum absolute atomic E-state index is 0.0634. The summed E-state index contributed by atoms with van der Waals surface area (Å²) in [6, 6.07) is 8.65. The van der Waals surface area contributed by atoms with E-state index in [4.69, 9.17) is 9.47 Å². The second-order valence-corrected chi connectivity index (χ2v) is 6.30. The number of hydrogen-bond donors (Lipinski definition) is 0. The molecule has 1 heterocycles. The Balaban J connectivity index is 2.77. The summed E-state index contributed by atoms with van der Waals surface area (Å²) >= 11 is 0. The van der Waals surface area contributed by atoms with Crippen LogP contribution in [0.25, 0.3) is 0 Å². The normalized spacial score (nSPS) is 19.2. The van der Waals surface area contributed by atoms with E-state index in [-0.39, 0.29) is 22.9 Å². The van der Waals surface area contributed by atoms with Crippen LogP contribution in [0.4, 0.5) is 0 Å². The van der Waals surface area contributed by atoms with Gasteiger partial charge in [0.15, 0.2) is 6.29 Å². The van der Waals surface area contributed by atoms with Gasteiger partial charge in [-0.2, -0.15) is 5.26 Å². The van der Waals surface area contributed by atoms with Crippen molar-refractivity contribution in [2.24, 2.45) is 10.9 Å². The van der Waals surface area contributed by atoms with Crippen LogP contribution in [0.3, 0.4) is 0 Å². The number of carbonyl (C=O) groups is 3. The predicted molar refractivity (Wildman–Crippen MR) is 96.8 cm³/mol. The van der Waals surface area contributed by atoms with Crippen molar-refractivity contribution in [1.82, 2.24) is 0 Å². The fourth-order valence-corrected chi connectivity index (χ4v) is 3.14. The summed E-state index contributed by atoms with van der Waals surface area (Å²) in [7, 11) is 1.18. The van der Waals surface area contributed by atoms with Crippen LogP contribution in [-0.4, -0.2) is 37.2 Å². The van der Waals surface area contributed by atoms with E-state index in [1.165, 1.54) is 7.11 Å². The molecule has 0 saturated carbocycles. The van der Waals surface area contributed by atoms with Crippen molar-refractivity contribution in [3.05, 3.63) is 46.7 Å². The number of benzene rings is 1. The van der Waals surface area contributed by atoms with Gasteiger partial charge in [0.05, 0.1) is 30.4 Å². The number of allylic oxidation sites excluding steroid dienone is 1. The zero-order valence-corrected chi connectivity index (χ0v) is 15.6. The number of esters is 2. The minimum atomic E-state index is -0.959. The van der Waals surface area contributed by atoms with E-state index < -0.39 is 23.8 Å². The van der Waals surface area contributed by atoms with Gasteiger partial charge >= 0.3 is 11.9 Å². The molecule has 2 unspecified atom stereocenters. The van der Waals surface area contributed by atoms with Crippen LogP contribution >= 0.6 is 0 Å². The van der Waals surface area contributed by atoms with Gasteiger partial charge in [0, 0.05) is 11.6 Å². The maximum absolute atomic E-state index is 12.8. The standard InChI is InChI=1S/C20H20N2O5/c1-11(2)27-20(25)16-12(3)22-15(10-23)18(19(24)26-4)17(16)14-8-6-5-7-13(14)9-21/h5-8,10-11,16-17H,1-4H3. The molecule has 0 radical (unpaired) electrons. The maximum atomic E-state index is 12.8. The zero-order valence-electron chi connectivity index (χ0n) is 15.6. The monoisotopic (exact) mass is 368 g/mol. The van der Waals surface area contributed by atoms with Crippen LogP contribution in [0.15, 0.2) is 40.5 Å². The van der Waals surface area contributed by atoms with Gasteiger partial charge in [0.2, 0.25) is 0 Å². The lowest BCUT2D eigenvalue weighted by molar-refractivity contribution is -0.150. The fourth-order valence-electron chi connectivity index (χ4n) is 3.14. The van der Waals surface area contributed by atoms with Crippen molar-refractivity contribution in [2.75, 3.05) is 7.11 Å². The molecule has 0 amide bonds. The second kappa shape index (κ2) is 8.41. The average Bonchev–Trinajstić information content (AvgIpc) is 2.65. The molecule has 1 aliphatic heterocycles. The third-order valence-corrected chi connectivity index (χ3v) is 4.21. The summed E-state index contributed by atoms with van der Waals surface area (Å²) in [5.74, 6) is -3.25. The third-order valence-electron chi connectivity index (χ3n) is 4.21. The van der Waals surface area contributed by atoms with Crippen LogP contribution in [0.5, 0.6) is 0 Å². The fraction of sp³-hybridized carbons (Fsp3) is 0.350. The lowest BCUT2D eigenvalue weighted by atomic mass is 9.74. The lowest BCUT2D eigenvalue weighted by Crippen LogP contribution is -2.38. The molecular weight excluding hydrogens is 348 g/mol. The highest BCUT2D eigenvalue weighted by Crippen LogP contribution is 2.41. The summed E-state index contributed by atoms with van der Waals surface area (Å²) < 4.78 is 10.2. The number of ether oxygens (including phenoxy) is 2. The quantitative estimate of drug-likeness (QED) is 0.583. The molecule has 7 nitrogen and oxygen atoms in total. The van der Waals surface area contributed by atoms with E-state index in [1.54, 1.807) is 45.0 Å². The summed E-state index contributed by atoms with van der Waals surface area (Å²) in [4.78, 5) is 41.0. The SMILES string of the molecule is COC(=O)C1=C(C=O)N=C(C)C(C(=O)OC(C)C)C1c1ccccc1C#N. The van der Waals surface area contributed by atoms with Crippen molar-refractivity contribution in [3.8, 4) is 6.07 Å². The van der Waals surface area contributed by atoms with E-state index in [2.05, 4.69) is 11.1 Å². The van der Waals surface area contributed by atoms with E-state index in [0.29, 0.717) is 17.6 Å². The molecule has 0 fully saturated rings. The van der Waals surface area contributed by atoms with Gasteiger partial charge in [-0.1, -0.05) is 18.2 Å². The highest BCUT2D eigenvalue weighted by molar-refractivity contribution is 6.09. The third kappa shape index (κ3) is 3.95. The number of nitrogens with zero attached hydrogens (tertiary/aromatic N) is 2. The minimum Gasteiger partial charge on any atom is -0.466 e. The molecular formula is C20H20N2O5. The Morgan fingerprint density at radius 2 is 1.96 bits per heavy atom. The van der Waals surface area contributed by atoms with E-state index in [1.807, 2.05) is 0 Å². The van der Waals surface area contributed by atoms with Gasteiger partial charge in [0.25, 0.3) is 0 Å². The van der Waals surface area contributed by atoms with Gasteiger partial charge < -0.3 is 9.47 Å². The van der Waals surface area contributed by atoms with Crippen molar-refractivity contribution in [3.63, 3.8) is 0 Å². The molecule has 140 valence electrons. The first kappa shape index (κ1) is 20.0. The molecule has 0 aromatic heterocycles. The molecule has 2 rings (SSSR count). The molecule has 7 heteroatoms. The number of hydrogen-bond acceptors (Lipinski definition) is 7. The number of rotatable bonds is 5. The molecule has 1 aromatic carbocycles. The molecule has 0 aliphatic carbocycles. The average molecular weight is 368 g/mol. The van der Waals surface area contributed by atoms with Crippen molar-refractivity contribution < 1.29 is 23.9 Å². The number of aliphatic imine (C=N–C) groups is 1. The summed E-state index contributed by atoms with van der Waals surface area (Å²) in [6.45, 7) is 5.00. The molecule has 0 saturated heterocycles. The Bertz CT molecular complexity index is 877. The Hall–Kier alpha value is -3.27. The topological polar surface area (TPSA) is 106 Å². The molecule has 1 aromatic rings. The first-order chi connectivity index (χ1) is 12.8. The highest BCUT2D eigenvalue weighted by atomic mass is 16.5. The van der Waals surface area contributed by atoms with Gasteiger partial charge in [-0.25, -0.2) is 4.79 Å². The number of methoxy groups -OCH3 is 1. The van der Waals surface area contributed by atoms with E-state index in [0.717, 1.165) is 0 Å². The molecule has 2 atom stereocenters. The van der Waals surface area contributed by atoms with Crippen molar-refractivity contribution >= 4 is 23.9 Å². The van der Waals surface area contributed by atoms with Crippen LogP contribution in [0, 0.1) is 17.2 Å². The summed E-state index contributed by atoms with van der Waals surface area (Å²) in [6.07, 6.45) is 0.0667.